The van der Waals surface area contributed by atoms with Crippen molar-refractivity contribution in [3.63, 3.8) is 0 Å². The average molecular weight is 253 g/mol. The molecule has 0 saturated heterocycles. The molecule has 3 nitrogen and oxygen atoms in total. The summed E-state index contributed by atoms with van der Waals surface area (Å²) in [6.07, 6.45) is 0. The van der Waals surface area contributed by atoms with Crippen molar-refractivity contribution >= 4 is 5.82 Å². The third-order valence-corrected chi connectivity index (χ3v) is 2.99. The fraction of sp³-hybridized carbons (Fsp3) is 0. The molecule has 3 N–H and O–H groups in total. The van der Waals surface area contributed by atoms with Gasteiger partial charge < -0.3 is 5.73 Å². The molecule has 3 aromatic rings. The maximum Gasteiger partial charge on any atom is 0.153 e. The van der Waals surface area contributed by atoms with Gasteiger partial charge in [-0.25, -0.2) is 4.39 Å². The van der Waals surface area contributed by atoms with Gasteiger partial charge in [0.15, 0.2) is 5.82 Å². The van der Waals surface area contributed by atoms with E-state index in [1.54, 1.807) is 12.1 Å². The normalized spacial score (nSPS) is 10.6. The van der Waals surface area contributed by atoms with Crippen LogP contribution in [0.15, 0.2) is 54.6 Å². The molecule has 0 fully saturated rings. The Labute approximate surface area is 109 Å². The molecule has 0 amide bonds. The molecule has 0 spiro atoms. The number of H-pyrrole nitrogens is 1. The van der Waals surface area contributed by atoms with Crippen molar-refractivity contribution in [2.45, 2.75) is 0 Å². The monoisotopic (exact) mass is 253 g/mol. The van der Waals surface area contributed by atoms with E-state index < -0.39 is 0 Å². The summed E-state index contributed by atoms with van der Waals surface area (Å²) in [5.41, 5.74) is 9.39. The zero-order valence-corrected chi connectivity index (χ0v) is 10.1. The minimum atomic E-state index is -0.266. The summed E-state index contributed by atoms with van der Waals surface area (Å²) in [4.78, 5) is 0. The maximum absolute atomic E-state index is 13.0. The number of anilines is 1. The molecule has 1 heterocycles. The van der Waals surface area contributed by atoms with Crippen molar-refractivity contribution in [1.29, 1.82) is 0 Å². The van der Waals surface area contributed by atoms with Gasteiger partial charge in [0, 0.05) is 5.56 Å². The molecule has 0 saturated carbocycles. The second kappa shape index (κ2) is 4.57. The number of nitrogens with one attached hydrogen (secondary N) is 1. The molecule has 0 radical (unpaired) electrons. The average Bonchev–Trinajstić information content (AvgIpc) is 2.82. The predicted octanol–water partition coefficient (Wildman–Crippen LogP) is 3.47. The van der Waals surface area contributed by atoms with Gasteiger partial charge in [-0.2, -0.15) is 5.10 Å². The minimum absolute atomic E-state index is 0.266. The molecule has 0 atom stereocenters. The minimum Gasteiger partial charge on any atom is -0.382 e. The van der Waals surface area contributed by atoms with Crippen LogP contribution in [0.4, 0.5) is 10.2 Å². The SMILES string of the molecule is Nc1n[nH]c(-c2ccc(F)cc2)c1-c1ccccc1. The summed E-state index contributed by atoms with van der Waals surface area (Å²) in [6.45, 7) is 0. The largest absolute Gasteiger partial charge is 0.382 e. The smallest absolute Gasteiger partial charge is 0.153 e. The van der Waals surface area contributed by atoms with Gasteiger partial charge in [-0.05, 0) is 29.8 Å². The molecular weight excluding hydrogens is 241 g/mol. The first-order chi connectivity index (χ1) is 9.25. The van der Waals surface area contributed by atoms with Crippen LogP contribution in [-0.4, -0.2) is 10.2 Å². The second-order valence-electron chi connectivity index (χ2n) is 4.23. The van der Waals surface area contributed by atoms with Crippen molar-refractivity contribution in [1.82, 2.24) is 10.2 Å². The molecule has 0 bridgehead atoms. The Kier molecular flexibility index (Phi) is 2.76. The van der Waals surface area contributed by atoms with Crippen molar-refractivity contribution in [3.05, 3.63) is 60.4 Å². The molecular formula is C15H12FN3. The highest BCUT2D eigenvalue weighted by molar-refractivity contribution is 5.87. The van der Waals surface area contributed by atoms with Crippen LogP contribution >= 0.6 is 0 Å². The molecule has 0 aliphatic carbocycles. The standard InChI is InChI=1S/C15H12FN3/c16-12-8-6-11(7-9-12)14-13(15(17)19-18-14)10-4-2-1-3-5-10/h1-9H,(H3,17,18,19). The van der Waals surface area contributed by atoms with Crippen molar-refractivity contribution in [2.75, 3.05) is 5.73 Å². The lowest BCUT2D eigenvalue weighted by molar-refractivity contribution is 0.628. The number of hydrogen-bond donors (Lipinski definition) is 2. The van der Waals surface area contributed by atoms with E-state index in [0.29, 0.717) is 5.82 Å². The van der Waals surface area contributed by atoms with Gasteiger partial charge in [0.2, 0.25) is 0 Å². The Morgan fingerprint density at radius 2 is 1.58 bits per heavy atom. The number of aromatic nitrogens is 2. The quantitative estimate of drug-likeness (QED) is 0.734. The summed E-state index contributed by atoms with van der Waals surface area (Å²) in [6, 6.07) is 16.0. The van der Waals surface area contributed by atoms with Crippen LogP contribution < -0.4 is 5.73 Å². The van der Waals surface area contributed by atoms with Crippen LogP contribution in [0.1, 0.15) is 0 Å². The molecule has 3 rings (SSSR count). The highest BCUT2D eigenvalue weighted by atomic mass is 19.1. The van der Waals surface area contributed by atoms with E-state index in [4.69, 9.17) is 5.73 Å². The van der Waals surface area contributed by atoms with Crippen molar-refractivity contribution < 1.29 is 4.39 Å². The number of nitrogen functional groups attached to an aromatic ring is 1. The van der Waals surface area contributed by atoms with E-state index in [2.05, 4.69) is 10.2 Å². The summed E-state index contributed by atoms with van der Waals surface area (Å²) in [5.74, 6) is 0.169. The number of nitrogens with two attached hydrogens (primary N) is 1. The van der Waals surface area contributed by atoms with Gasteiger partial charge in [-0.1, -0.05) is 30.3 Å². The Morgan fingerprint density at radius 3 is 2.26 bits per heavy atom. The third kappa shape index (κ3) is 2.08. The van der Waals surface area contributed by atoms with E-state index in [9.17, 15) is 4.39 Å². The van der Waals surface area contributed by atoms with Gasteiger partial charge >= 0.3 is 0 Å². The number of benzene rings is 2. The number of nitrogens with zero attached hydrogens (tertiary/aromatic N) is 1. The summed E-state index contributed by atoms with van der Waals surface area (Å²) in [7, 11) is 0. The Balaban J connectivity index is 2.16. The fourth-order valence-electron chi connectivity index (χ4n) is 2.08. The van der Waals surface area contributed by atoms with Crippen LogP contribution in [0.25, 0.3) is 22.4 Å². The van der Waals surface area contributed by atoms with Gasteiger partial charge in [0.1, 0.15) is 5.82 Å². The zero-order valence-electron chi connectivity index (χ0n) is 10.1. The van der Waals surface area contributed by atoms with Crippen molar-refractivity contribution in [3.8, 4) is 22.4 Å². The van der Waals surface area contributed by atoms with Crippen LogP contribution in [0.5, 0.6) is 0 Å². The topological polar surface area (TPSA) is 54.7 Å². The molecule has 0 aliphatic rings. The van der Waals surface area contributed by atoms with Gasteiger partial charge in [0.25, 0.3) is 0 Å². The fourth-order valence-corrected chi connectivity index (χ4v) is 2.08. The summed E-state index contributed by atoms with van der Waals surface area (Å²) < 4.78 is 13.0. The highest BCUT2D eigenvalue weighted by Gasteiger charge is 2.14. The van der Waals surface area contributed by atoms with Crippen LogP contribution in [0.2, 0.25) is 0 Å². The Hall–Kier alpha value is -2.62. The first kappa shape index (κ1) is 11.5. The third-order valence-electron chi connectivity index (χ3n) is 2.99. The van der Waals surface area contributed by atoms with E-state index >= 15 is 0 Å². The molecule has 0 aliphatic heterocycles. The molecule has 1 aromatic heterocycles. The Morgan fingerprint density at radius 1 is 0.895 bits per heavy atom. The first-order valence-corrected chi connectivity index (χ1v) is 5.91. The van der Waals surface area contributed by atoms with Gasteiger partial charge in [0.05, 0.1) is 11.3 Å². The molecule has 0 unspecified atom stereocenters. The lowest BCUT2D eigenvalue weighted by Crippen LogP contribution is -1.88. The number of hydrogen-bond acceptors (Lipinski definition) is 2. The van der Waals surface area contributed by atoms with Crippen LogP contribution in [0.3, 0.4) is 0 Å². The maximum atomic E-state index is 13.0. The number of aromatic amines is 1. The van der Waals surface area contributed by atoms with E-state index in [1.807, 2.05) is 30.3 Å². The first-order valence-electron chi connectivity index (χ1n) is 5.91. The van der Waals surface area contributed by atoms with Crippen LogP contribution in [0, 0.1) is 5.82 Å². The zero-order chi connectivity index (χ0) is 13.2. The lowest BCUT2D eigenvalue weighted by atomic mass is 10.0. The highest BCUT2D eigenvalue weighted by Crippen LogP contribution is 2.34. The Bertz CT molecular complexity index is 687. The molecule has 4 heteroatoms. The van der Waals surface area contributed by atoms with E-state index in [0.717, 1.165) is 22.4 Å². The van der Waals surface area contributed by atoms with Crippen molar-refractivity contribution in [2.24, 2.45) is 0 Å². The van der Waals surface area contributed by atoms with Gasteiger partial charge in [-0.15, -0.1) is 0 Å². The second-order valence-corrected chi connectivity index (χ2v) is 4.23. The summed E-state index contributed by atoms with van der Waals surface area (Å²) in [5, 5.41) is 6.96. The predicted molar refractivity (Wildman–Crippen MR) is 73.8 cm³/mol. The number of rotatable bonds is 2. The number of halogens is 1. The van der Waals surface area contributed by atoms with Gasteiger partial charge in [-0.3, -0.25) is 5.10 Å². The van der Waals surface area contributed by atoms with E-state index in [-0.39, 0.29) is 5.82 Å². The van der Waals surface area contributed by atoms with Crippen LogP contribution in [-0.2, 0) is 0 Å². The molecule has 19 heavy (non-hydrogen) atoms. The van der Waals surface area contributed by atoms with E-state index in [1.165, 1.54) is 12.1 Å². The molecule has 2 aromatic carbocycles. The summed E-state index contributed by atoms with van der Waals surface area (Å²) >= 11 is 0. The molecule has 94 valence electrons. The lowest BCUT2D eigenvalue weighted by Gasteiger charge is -2.04.